The molecular formula is C3H7INO2S-. The van der Waals surface area contributed by atoms with Gasteiger partial charge in [0.2, 0.25) is 0 Å². The summed E-state index contributed by atoms with van der Waals surface area (Å²) in [6, 6.07) is 0. The predicted octanol–water partition coefficient (Wildman–Crippen LogP) is -2.64. The van der Waals surface area contributed by atoms with Gasteiger partial charge in [0.05, 0.1) is 0 Å². The van der Waals surface area contributed by atoms with Crippen LogP contribution in [0.2, 0.25) is 0 Å². The van der Waals surface area contributed by atoms with Gasteiger partial charge < -0.3 is 0 Å². The molecule has 0 radical (unpaired) electrons. The van der Waals surface area contributed by atoms with Crippen molar-refractivity contribution >= 4 is 12.9 Å². The zero-order valence-corrected chi connectivity index (χ0v) is 7.11. The number of rotatable bonds is 4. The van der Waals surface area contributed by atoms with E-state index in [1.165, 1.54) is 8.93 Å². The van der Waals surface area contributed by atoms with E-state index in [0.29, 0.717) is 6.54 Å². The first-order chi connectivity index (χ1) is 3.77. The fraction of sp³-hybridized carbons (Fsp3) is 0.667. The summed E-state index contributed by atoms with van der Waals surface area (Å²) in [7, 11) is 1.45. The predicted molar refractivity (Wildman–Crippen MR) is 29.5 cm³/mol. The first kappa shape index (κ1) is 8.51. The van der Waals surface area contributed by atoms with E-state index < -0.39 is 23.8 Å². The van der Waals surface area contributed by atoms with Crippen LogP contribution in [0.25, 0.3) is 0 Å². The van der Waals surface area contributed by atoms with Crippen molar-refractivity contribution in [3.63, 3.8) is 0 Å². The number of carboxylic acid groups (broad SMARTS) is 1. The van der Waals surface area contributed by atoms with E-state index in [9.17, 15) is 4.79 Å². The first-order valence-electron chi connectivity index (χ1n) is 1.97. The summed E-state index contributed by atoms with van der Waals surface area (Å²) in [5.74, 6) is 0.777. The fourth-order valence-electron chi connectivity index (χ4n) is 0.130. The van der Waals surface area contributed by atoms with Crippen molar-refractivity contribution in [3.8, 4) is 0 Å². The Balaban J connectivity index is 2.82. The minimum absolute atomic E-state index is 0.581. The van der Waals surface area contributed by atoms with Gasteiger partial charge >= 0.3 is 60.7 Å². The summed E-state index contributed by atoms with van der Waals surface area (Å²) in [6.07, 6.45) is 0. The Bertz CT molecular complexity index is 79.7. The van der Waals surface area contributed by atoms with Crippen LogP contribution in [0, 0.1) is 0 Å². The van der Waals surface area contributed by atoms with Crippen LogP contribution < -0.4 is 25.6 Å². The zero-order valence-electron chi connectivity index (χ0n) is 4.13. The summed E-state index contributed by atoms with van der Waals surface area (Å²) in [5.41, 5.74) is 5.12. The van der Waals surface area contributed by atoms with Crippen LogP contribution in [0.5, 0.6) is 0 Å². The zero-order chi connectivity index (χ0) is 6.41. The molecule has 5 heteroatoms. The third-order valence-electron chi connectivity index (χ3n) is 0.316. The maximum absolute atomic E-state index is 9.86. The first-order valence-corrected chi connectivity index (χ1v) is 6.58. The average Bonchev–Trinajstić information content (AvgIpc) is 1.66. The molecule has 0 aromatic rings. The van der Waals surface area contributed by atoms with Gasteiger partial charge in [-0.3, -0.25) is 0 Å². The summed E-state index contributed by atoms with van der Waals surface area (Å²) in [6.45, 7) is 0.581. The van der Waals surface area contributed by atoms with Crippen molar-refractivity contribution in [1.82, 2.24) is 0 Å². The molecule has 0 atom stereocenters. The molecule has 0 aliphatic carbocycles. The summed E-state index contributed by atoms with van der Waals surface area (Å²) >= 11 is -0.688. The van der Waals surface area contributed by atoms with Gasteiger partial charge in [0.25, 0.3) is 0 Å². The van der Waals surface area contributed by atoms with Crippen LogP contribution in [0.1, 0.15) is 0 Å². The number of halogens is 1. The van der Waals surface area contributed by atoms with Gasteiger partial charge in [-0.15, -0.1) is 0 Å². The molecule has 0 bridgehead atoms. The normalized spacial score (nSPS) is 9.62. The summed E-state index contributed by atoms with van der Waals surface area (Å²) < 4.78 is -0.665. The van der Waals surface area contributed by atoms with Crippen LogP contribution in [0.15, 0.2) is 0 Å². The molecule has 50 valence electrons. The van der Waals surface area contributed by atoms with Crippen molar-refractivity contribution in [3.05, 3.63) is 0 Å². The summed E-state index contributed by atoms with van der Waals surface area (Å²) in [4.78, 5) is 9.86. The Labute approximate surface area is 60.7 Å². The van der Waals surface area contributed by atoms with Crippen LogP contribution in [0.3, 0.4) is 0 Å². The SMILES string of the molecule is NCCS[I-]C(=O)O. The molecule has 3 N–H and O–H groups in total. The van der Waals surface area contributed by atoms with Crippen LogP contribution in [0.4, 0.5) is 4.79 Å². The van der Waals surface area contributed by atoms with E-state index in [1.807, 2.05) is 0 Å². The van der Waals surface area contributed by atoms with Crippen molar-refractivity contribution < 1.29 is 29.7 Å². The van der Waals surface area contributed by atoms with E-state index >= 15 is 0 Å². The van der Waals surface area contributed by atoms with E-state index in [2.05, 4.69) is 0 Å². The number of hydrogen-bond donors (Lipinski definition) is 2. The van der Waals surface area contributed by atoms with Gasteiger partial charge in [-0.1, -0.05) is 0 Å². The third kappa shape index (κ3) is 6.51. The second-order valence-electron chi connectivity index (χ2n) is 0.932. The molecule has 0 amide bonds. The van der Waals surface area contributed by atoms with Crippen LogP contribution in [-0.4, -0.2) is 21.4 Å². The van der Waals surface area contributed by atoms with Gasteiger partial charge in [0.15, 0.2) is 0 Å². The Morgan fingerprint density at radius 2 is 2.50 bits per heavy atom. The molecule has 3 nitrogen and oxygen atoms in total. The van der Waals surface area contributed by atoms with Crippen molar-refractivity contribution in [2.75, 3.05) is 12.3 Å². The molecular weight excluding hydrogens is 241 g/mol. The molecule has 0 saturated heterocycles. The summed E-state index contributed by atoms with van der Waals surface area (Å²) in [5, 5.41) is 8.13. The Morgan fingerprint density at radius 3 is 2.88 bits per heavy atom. The molecule has 0 aliphatic rings. The molecule has 0 rings (SSSR count). The molecule has 0 unspecified atom stereocenters. The van der Waals surface area contributed by atoms with Gasteiger partial charge in [0.1, 0.15) is 0 Å². The van der Waals surface area contributed by atoms with Gasteiger partial charge in [-0.2, -0.15) is 0 Å². The molecule has 0 aliphatic heterocycles. The topological polar surface area (TPSA) is 63.3 Å². The minimum atomic E-state index is -0.688. The second-order valence-corrected chi connectivity index (χ2v) is 5.83. The standard InChI is InChI=1S/C3H7INO2S/c5-1-2-8-4-3(6)7/h1-2,5H2,(H,6,7)/q-1. The van der Waals surface area contributed by atoms with E-state index in [4.69, 9.17) is 10.8 Å². The quantitative estimate of drug-likeness (QED) is 0.324. The Morgan fingerprint density at radius 1 is 1.88 bits per heavy atom. The maximum atomic E-state index is 9.86. The molecule has 8 heavy (non-hydrogen) atoms. The van der Waals surface area contributed by atoms with Crippen LogP contribution >= 0.6 is 8.93 Å². The molecule has 0 fully saturated rings. The monoisotopic (exact) mass is 248 g/mol. The van der Waals surface area contributed by atoms with E-state index in [-0.39, 0.29) is 0 Å². The fourth-order valence-corrected chi connectivity index (χ4v) is 2.61. The average molecular weight is 248 g/mol. The van der Waals surface area contributed by atoms with Crippen molar-refractivity contribution in [2.24, 2.45) is 5.73 Å². The number of nitrogens with two attached hydrogens (primary N) is 1. The second kappa shape index (κ2) is 5.64. The molecule has 0 aromatic carbocycles. The van der Waals surface area contributed by atoms with Crippen LogP contribution in [-0.2, 0) is 0 Å². The van der Waals surface area contributed by atoms with Gasteiger partial charge in [-0.25, -0.2) is 0 Å². The van der Waals surface area contributed by atoms with Crippen molar-refractivity contribution in [2.45, 2.75) is 0 Å². The molecule has 0 heterocycles. The Hall–Kier alpha value is 0.510. The number of carbonyl (C=O) groups is 1. The van der Waals surface area contributed by atoms with Gasteiger partial charge in [0, 0.05) is 0 Å². The van der Waals surface area contributed by atoms with Gasteiger partial charge in [-0.05, 0) is 0 Å². The van der Waals surface area contributed by atoms with E-state index in [0.717, 1.165) is 5.75 Å². The van der Waals surface area contributed by atoms with E-state index in [1.54, 1.807) is 0 Å². The molecule has 0 saturated carbocycles. The molecule has 0 aromatic heterocycles. The molecule has 0 spiro atoms. The number of hydrogen-bond acceptors (Lipinski definition) is 3. The third-order valence-corrected chi connectivity index (χ3v) is 4.33. The Kier molecular flexibility index (Phi) is 6.00. The van der Waals surface area contributed by atoms with Crippen molar-refractivity contribution in [1.29, 1.82) is 0 Å².